The van der Waals surface area contributed by atoms with Gasteiger partial charge in [-0.3, -0.25) is 14.9 Å². The van der Waals surface area contributed by atoms with E-state index in [2.05, 4.69) is 21.2 Å². The Kier molecular flexibility index (Phi) is 6.00. The predicted molar refractivity (Wildman–Crippen MR) is 108 cm³/mol. The first-order chi connectivity index (χ1) is 13.8. The van der Waals surface area contributed by atoms with Gasteiger partial charge in [0, 0.05) is 4.47 Å². The molecule has 10 heteroatoms. The van der Waals surface area contributed by atoms with Crippen LogP contribution in [0, 0.1) is 0 Å². The highest BCUT2D eigenvalue weighted by Crippen LogP contribution is 2.28. The molecule has 1 fully saturated rings. The van der Waals surface area contributed by atoms with Crippen molar-refractivity contribution in [1.82, 2.24) is 5.32 Å². The third kappa shape index (κ3) is 4.64. The number of halogens is 2. The molecule has 0 saturated carbocycles. The molecule has 0 radical (unpaired) electrons. The van der Waals surface area contributed by atoms with Gasteiger partial charge in [-0.25, -0.2) is 14.5 Å². The van der Waals surface area contributed by atoms with E-state index in [1.54, 1.807) is 24.3 Å². The van der Waals surface area contributed by atoms with Gasteiger partial charge in [0.1, 0.15) is 11.3 Å². The summed E-state index contributed by atoms with van der Waals surface area (Å²) in [5, 5.41) is 10.9. The van der Waals surface area contributed by atoms with Gasteiger partial charge in [0.25, 0.3) is 11.8 Å². The minimum atomic E-state index is -1.16. The van der Waals surface area contributed by atoms with Crippen LogP contribution in [0.5, 0.6) is 5.75 Å². The predicted octanol–water partition coefficient (Wildman–Crippen LogP) is 3.23. The maximum atomic E-state index is 12.8. The number of urea groups is 1. The van der Waals surface area contributed by atoms with Crippen LogP contribution in [0.25, 0.3) is 6.08 Å². The Morgan fingerprint density at radius 1 is 1.17 bits per heavy atom. The third-order valence-corrected chi connectivity index (χ3v) is 4.63. The summed E-state index contributed by atoms with van der Waals surface area (Å²) in [4.78, 5) is 48.6. The number of ether oxygens (including phenoxy) is 1. The Labute approximate surface area is 177 Å². The van der Waals surface area contributed by atoms with E-state index in [9.17, 15) is 19.2 Å². The average molecular weight is 480 g/mol. The summed E-state index contributed by atoms with van der Waals surface area (Å²) in [6.07, 6.45) is 1.28. The minimum absolute atomic E-state index is 0.102. The average Bonchev–Trinajstić information content (AvgIpc) is 2.65. The normalized spacial score (nSPS) is 15.4. The molecular weight excluding hydrogens is 468 g/mol. The van der Waals surface area contributed by atoms with Crippen molar-refractivity contribution in [2.24, 2.45) is 0 Å². The Morgan fingerprint density at radius 2 is 1.86 bits per heavy atom. The summed E-state index contributed by atoms with van der Waals surface area (Å²) in [5.74, 6) is -2.64. The van der Waals surface area contributed by atoms with Crippen LogP contribution in [-0.2, 0) is 14.4 Å². The molecule has 1 saturated heterocycles. The summed E-state index contributed by atoms with van der Waals surface area (Å²) in [7, 11) is 0. The SMILES string of the molecule is O=C(O)COc1ccc(/C=C2\C(=O)NC(=O)N(c3ccc(Br)cc3)C2=O)cc1Cl. The number of carboxylic acid groups (broad SMARTS) is 1. The highest BCUT2D eigenvalue weighted by molar-refractivity contribution is 9.10. The van der Waals surface area contributed by atoms with Crippen molar-refractivity contribution in [2.75, 3.05) is 11.5 Å². The molecule has 8 nitrogen and oxygen atoms in total. The molecule has 0 bridgehead atoms. The Bertz CT molecular complexity index is 1050. The number of amides is 4. The third-order valence-electron chi connectivity index (χ3n) is 3.80. The van der Waals surface area contributed by atoms with Crippen LogP contribution in [0.2, 0.25) is 5.02 Å². The molecule has 2 aromatic rings. The van der Waals surface area contributed by atoms with Crippen molar-refractivity contribution in [1.29, 1.82) is 0 Å². The van der Waals surface area contributed by atoms with Crippen LogP contribution < -0.4 is 15.0 Å². The van der Waals surface area contributed by atoms with Crippen molar-refractivity contribution in [3.05, 3.63) is 63.1 Å². The Hall–Kier alpha value is -3.17. The summed E-state index contributed by atoms with van der Waals surface area (Å²) in [6, 6.07) is 9.90. The molecule has 2 N–H and O–H groups in total. The van der Waals surface area contributed by atoms with Crippen molar-refractivity contribution >= 4 is 63.1 Å². The quantitative estimate of drug-likeness (QED) is 0.503. The fourth-order valence-corrected chi connectivity index (χ4v) is 3.02. The van der Waals surface area contributed by atoms with E-state index < -0.39 is 30.4 Å². The molecule has 0 aromatic heterocycles. The summed E-state index contributed by atoms with van der Waals surface area (Å²) < 4.78 is 5.79. The number of imide groups is 2. The van der Waals surface area contributed by atoms with Crippen molar-refractivity contribution in [2.45, 2.75) is 0 Å². The van der Waals surface area contributed by atoms with E-state index in [4.69, 9.17) is 21.4 Å². The fraction of sp³-hybridized carbons (Fsp3) is 0.0526. The zero-order valence-corrected chi connectivity index (χ0v) is 16.9. The molecule has 3 rings (SSSR count). The van der Waals surface area contributed by atoms with Crippen LogP contribution in [0.3, 0.4) is 0 Å². The van der Waals surface area contributed by atoms with Crippen LogP contribution >= 0.6 is 27.5 Å². The first-order valence-electron chi connectivity index (χ1n) is 8.07. The van der Waals surface area contributed by atoms with Gasteiger partial charge in [0.05, 0.1) is 10.7 Å². The van der Waals surface area contributed by atoms with Gasteiger partial charge < -0.3 is 9.84 Å². The molecule has 0 unspecified atom stereocenters. The molecule has 1 aliphatic heterocycles. The number of carbonyl (C=O) groups excluding carboxylic acids is 3. The molecule has 2 aromatic carbocycles. The number of hydrogen-bond acceptors (Lipinski definition) is 5. The lowest BCUT2D eigenvalue weighted by molar-refractivity contribution is -0.139. The van der Waals surface area contributed by atoms with E-state index >= 15 is 0 Å². The smallest absolute Gasteiger partial charge is 0.341 e. The molecule has 1 heterocycles. The van der Waals surface area contributed by atoms with Crippen LogP contribution in [0.4, 0.5) is 10.5 Å². The Balaban J connectivity index is 1.91. The number of hydrogen-bond donors (Lipinski definition) is 2. The second-order valence-electron chi connectivity index (χ2n) is 5.81. The van der Waals surface area contributed by atoms with E-state index in [0.29, 0.717) is 11.3 Å². The van der Waals surface area contributed by atoms with E-state index in [1.165, 1.54) is 24.3 Å². The van der Waals surface area contributed by atoms with Crippen LogP contribution in [-0.4, -0.2) is 35.5 Å². The summed E-state index contributed by atoms with van der Waals surface area (Å²) in [5.41, 5.74) is 0.425. The van der Waals surface area contributed by atoms with Crippen molar-refractivity contribution in [3.8, 4) is 5.75 Å². The largest absolute Gasteiger partial charge is 0.480 e. The van der Waals surface area contributed by atoms with Gasteiger partial charge >= 0.3 is 12.0 Å². The zero-order chi connectivity index (χ0) is 21.1. The number of benzene rings is 2. The van der Waals surface area contributed by atoms with Gasteiger partial charge in [0.2, 0.25) is 0 Å². The lowest BCUT2D eigenvalue weighted by Crippen LogP contribution is -2.54. The molecule has 0 atom stereocenters. The van der Waals surface area contributed by atoms with Crippen LogP contribution in [0.1, 0.15) is 5.56 Å². The minimum Gasteiger partial charge on any atom is -0.480 e. The van der Waals surface area contributed by atoms with Gasteiger partial charge in [-0.15, -0.1) is 0 Å². The number of carboxylic acids is 1. The van der Waals surface area contributed by atoms with Crippen LogP contribution in [0.15, 0.2) is 52.5 Å². The van der Waals surface area contributed by atoms with Gasteiger partial charge in [-0.05, 0) is 48.0 Å². The first-order valence-corrected chi connectivity index (χ1v) is 9.24. The topological polar surface area (TPSA) is 113 Å². The highest BCUT2D eigenvalue weighted by atomic mass is 79.9. The maximum absolute atomic E-state index is 12.8. The summed E-state index contributed by atoms with van der Waals surface area (Å²) in [6.45, 7) is -0.564. The number of carbonyl (C=O) groups is 4. The lowest BCUT2D eigenvalue weighted by atomic mass is 10.1. The molecule has 29 heavy (non-hydrogen) atoms. The number of nitrogens with one attached hydrogen (secondary N) is 1. The van der Waals surface area contributed by atoms with Gasteiger partial charge in [-0.1, -0.05) is 33.6 Å². The van der Waals surface area contributed by atoms with Crippen molar-refractivity contribution in [3.63, 3.8) is 0 Å². The Morgan fingerprint density at radius 3 is 2.48 bits per heavy atom. The van der Waals surface area contributed by atoms with E-state index in [-0.39, 0.29) is 16.3 Å². The first kappa shape index (κ1) is 20.6. The molecule has 0 aliphatic carbocycles. The molecule has 0 spiro atoms. The second kappa shape index (κ2) is 8.46. The van der Waals surface area contributed by atoms with E-state index in [1.807, 2.05) is 0 Å². The molecule has 148 valence electrons. The maximum Gasteiger partial charge on any atom is 0.341 e. The monoisotopic (exact) mass is 478 g/mol. The zero-order valence-electron chi connectivity index (χ0n) is 14.5. The number of aliphatic carboxylic acids is 1. The number of barbiturate groups is 1. The number of anilines is 1. The fourth-order valence-electron chi connectivity index (χ4n) is 2.51. The number of rotatable bonds is 5. The highest BCUT2D eigenvalue weighted by Gasteiger charge is 2.36. The second-order valence-corrected chi connectivity index (χ2v) is 7.13. The summed E-state index contributed by atoms with van der Waals surface area (Å²) >= 11 is 9.34. The number of nitrogens with zero attached hydrogens (tertiary/aromatic N) is 1. The van der Waals surface area contributed by atoms with Crippen molar-refractivity contribution < 1.29 is 29.0 Å². The van der Waals surface area contributed by atoms with Gasteiger partial charge in [-0.2, -0.15) is 0 Å². The molecular formula is C19H12BrClN2O6. The molecule has 1 aliphatic rings. The standard InChI is InChI=1S/C19H12BrClN2O6/c20-11-2-4-12(5-3-11)23-18(27)13(17(26)22-19(23)28)7-10-1-6-15(14(21)8-10)29-9-16(24)25/h1-8H,9H2,(H,24,25)(H,22,26,28)/b13-7+. The lowest BCUT2D eigenvalue weighted by Gasteiger charge is -2.26. The van der Waals surface area contributed by atoms with Gasteiger partial charge in [0.15, 0.2) is 6.61 Å². The van der Waals surface area contributed by atoms with E-state index in [0.717, 1.165) is 9.37 Å². The molecule has 4 amide bonds.